The fourth-order valence-corrected chi connectivity index (χ4v) is 4.58. The minimum absolute atomic E-state index is 0.0640. The number of esters is 1. The van der Waals surface area contributed by atoms with E-state index in [2.05, 4.69) is 16.9 Å². The lowest BCUT2D eigenvalue weighted by Crippen LogP contribution is -2.37. The number of fused-ring (bicyclic) bond motifs is 2. The molecule has 1 fully saturated rings. The molecule has 2 aromatic rings. The Morgan fingerprint density at radius 1 is 1.26 bits per heavy atom. The number of ether oxygens (including phenoxy) is 3. The highest BCUT2D eigenvalue weighted by Gasteiger charge is 2.28. The summed E-state index contributed by atoms with van der Waals surface area (Å²) in [7, 11) is 1.40. The molecule has 10 heteroatoms. The lowest BCUT2D eigenvalue weighted by molar-refractivity contribution is -0.147. The molecule has 0 radical (unpaired) electrons. The average Bonchev–Trinajstić information content (AvgIpc) is 2.91. The van der Waals surface area contributed by atoms with Crippen molar-refractivity contribution in [3.63, 3.8) is 0 Å². The molecule has 0 spiro atoms. The Hall–Kier alpha value is -3.24. The van der Waals surface area contributed by atoms with Gasteiger partial charge in [-0.25, -0.2) is 10.8 Å². The summed E-state index contributed by atoms with van der Waals surface area (Å²) < 4.78 is 16.9. The van der Waals surface area contributed by atoms with Crippen LogP contribution in [-0.4, -0.2) is 52.3 Å². The molecule has 0 aromatic carbocycles. The molecule has 0 saturated carbocycles. The zero-order valence-corrected chi connectivity index (χ0v) is 20.6. The molecule has 3 atom stereocenters. The van der Waals surface area contributed by atoms with Crippen LogP contribution in [0.4, 0.5) is 0 Å². The van der Waals surface area contributed by atoms with Crippen LogP contribution < -0.4 is 16.3 Å². The summed E-state index contributed by atoms with van der Waals surface area (Å²) in [6, 6.07) is 6.07. The van der Waals surface area contributed by atoms with Gasteiger partial charge in [0.05, 0.1) is 48.5 Å². The van der Waals surface area contributed by atoms with Crippen molar-refractivity contribution in [2.24, 2.45) is 11.6 Å². The molecule has 2 bridgehead atoms. The topological polar surface area (TPSA) is 139 Å². The summed E-state index contributed by atoms with van der Waals surface area (Å²) in [4.78, 5) is 25.2. The lowest BCUT2D eigenvalue weighted by Gasteiger charge is -2.31. The van der Waals surface area contributed by atoms with E-state index in [0.717, 1.165) is 36.2 Å². The molecule has 188 valence electrons. The molecule has 2 aromatic heterocycles. The van der Waals surface area contributed by atoms with Gasteiger partial charge in [-0.3, -0.25) is 9.78 Å². The van der Waals surface area contributed by atoms with Gasteiger partial charge >= 0.3 is 12.0 Å². The Kier molecular flexibility index (Phi) is 7.82. The largest absolute Gasteiger partial charge is 0.469 e. The fraction of sp³-hybridized carbons (Fsp3) is 0.520. The van der Waals surface area contributed by atoms with Crippen molar-refractivity contribution in [2.75, 3.05) is 20.3 Å². The Bertz CT molecular complexity index is 1090. The van der Waals surface area contributed by atoms with Crippen molar-refractivity contribution in [3.05, 3.63) is 52.7 Å². The predicted molar refractivity (Wildman–Crippen MR) is 130 cm³/mol. The first-order valence-electron chi connectivity index (χ1n) is 12.1. The predicted octanol–water partition coefficient (Wildman–Crippen LogP) is 2.61. The third-order valence-electron chi connectivity index (χ3n) is 6.56. The number of carbonyl (C=O) groups is 1. The van der Waals surface area contributed by atoms with Gasteiger partial charge in [0.1, 0.15) is 6.61 Å². The molecule has 10 nitrogen and oxygen atoms in total. The van der Waals surface area contributed by atoms with Gasteiger partial charge in [-0.1, -0.05) is 19.9 Å². The standard InChI is InChI=1S/C25H34N6O4/c1-4-18-17(22-7-5-6-16(35-22)12-23(32)33-3)8-9-20(29-18)24(26)21-14-34-25-28-11-10-19(30-25)15(2)13-31(21)27/h8-11,15-16,22H,4-7,12-14,26-27H2,1-3H3/b24-21-/t15-,16?,22?/m1/s1. The molecule has 0 aliphatic carbocycles. The van der Waals surface area contributed by atoms with Crippen LogP contribution in [-0.2, 0) is 20.7 Å². The van der Waals surface area contributed by atoms with Gasteiger partial charge in [0, 0.05) is 29.9 Å². The van der Waals surface area contributed by atoms with Gasteiger partial charge < -0.3 is 25.0 Å². The van der Waals surface area contributed by atoms with Crippen LogP contribution >= 0.6 is 0 Å². The van der Waals surface area contributed by atoms with E-state index >= 15 is 0 Å². The van der Waals surface area contributed by atoms with Crippen molar-refractivity contribution in [1.82, 2.24) is 20.0 Å². The minimum atomic E-state index is -0.256. The molecule has 35 heavy (non-hydrogen) atoms. The first-order valence-corrected chi connectivity index (χ1v) is 12.1. The highest BCUT2D eigenvalue weighted by atomic mass is 16.5. The van der Waals surface area contributed by atoms with Gasteiger partial charge in [-0.15, -0.1) is 0 Å². The minimum Gasteiger partial charge on any atom is -0.469 e. The van der Waals surface area contributed by atoms with Crippen LogP contribution in [0.1, 0.15) is 74.2 Å². The van der Waals surface area contributed by atoms with Crippen LogP contribution in [0, 0.1) is 0 Å². The summed E-state index contributed by atoms with van der Waals surface area (Å²) in [5.41, 5.74) is 11.1. The van der Waals surface area contributed by atoms with Crippen molar-refractivity contribution in [3.8, 4) is 6.01 Å². The van der Waals surface area contributed by atoms with Crippen LogP contribution in [0.3, 0.4) is 0 Å². The maximum absolute atomic E-state index is 11.7. The van der Waals surface area contributed by atoms with Gasteiger partial charge in [0.15, 0.2) is 0 Å². The summed E-state index contributed by atoms with van der Waals surface area (Å²) >= 11 is 0. The molecular weight excluding hydrogens is 448 g/mol. The molecule has 0 amide bonds. The summed E-state index contributed by atoms with van der Waals surface area (Å²) in [6.07, 6.45) is 5.09. The van der Waals surface area contributed by atoms with E-state index < -0.39 is 0 Å². The molecule has 2 aliphatic heterocycles. The number of hydrazine groups is 1. The first-order chi connectivity index (χ1) is 16.9. The molecule has 1 saturated heterocycles. The van der Waals surface area contributed by atoms with Gasteiger partial charge in [-0.05, 0) is 37.8 Å². The van der Waals surface area contributed by atoms with Crippen LogP contribution in [0.5, 0.6) is 6.01 Å². The van der Waals surface area contributed by atoms with E-state index in [9.17, 15) is 4.79 Å². The Morgan fingerprint density at radius 3 is 2.86 bits per heavy atom. The number of pyridine rings is 1. The smallest absolute Gasteiger partial charge is 0.316 e. The number of hydrogen-bond acceptors (Lipinski definition) is 10. The fourth-order valence-electron chi connectivity index (χ4n) is 4.58. The quantitative estimate of drug-likeness (QED) is 0.483. The lowest BCUT2D eigenvalue weighted by atomic mass is 9.95. The number of nitrogens with zero attached hydrogens (tertiary/aromatic N) is 4. The van der Waals surface area contributed by atoms with Gasteiger partial charge in [0.2, 0.25) is 0 Å². The highest BCUT2D eigenvalue weighted by Crippen LogP contribution is 2.34. The molecule has 4 N–H and O–H groups in total. The highest BCUT2D eigenvalue weighted by molar-refractivity contribution is 5.69. The number of aromatic nitrogens is 3. The molecule has 2 unspecified atom stereocenters. The second-order valence-electron chi connectivity index (χ2n) is 9.01. The van der Waals surface area contributed by atoms with Crippen LogP contribution in [0.25, 0.3) is 5.70 Å². The Morgan fingerprint density at radius 2 is 2.09 bits per heavy atom. The summed E-state index contributed by atoms with van der Waals surface area (Å²) in [5, 5.41) is 1.61. The molecular formula is C25H34N6O4. The number of hydrogen-bond donors (Lipinski definition) is 2. The number of aryl methyl sites for hydroxylation is 1. The van der Waals surface area contributed by atoms with Crippen LogP contribution in [0.2, 0.25) is 0 Å². The van der Waals surface area contributed by atoms with Crippen LogP contribution in [0.15, 0.2) is 30.1 Å². The SMILES string of the molecule is CCc1nc(/C(N)=C2\COc3nccc(n3)[C@H](C)CN2N)ccc1C1CCCC(CC(=O)OC)O1. The Labute approximate surface area is 205 Å². The van der Waals surface area contributed by atoms with Crippen molar-refractivity contribution >= 4 is 11.7 Å². The summed E-state index contributed by atoms with van der Waals surface area (Å²) in [5.74, 6) is 6.23. The van der Waals surface area contributed by atoms with Crippen molar-refractivity contribution in [2.45, 2.75) is 64.1 Å². The third-order valence-corrected chi connectivity index (χ3v) is 6.56. The zero-order chi connectivity index (χ0) is 24.9. The third kappa shape index (κ3) is 5.71. The normalized spacial score (nSPS) is 24.0. The molecule has 2 aliphatic rings. The van der Waals surface area contributed by atoms with Gasteiger partial charge in [0.25, 0.3) is 0 Å². The number of nitrogens with two attached hydrogens (primary N) is 2. The van der Waals surface area contributed by atoms with E-state index in [1.807, 2.05) is 25.1 Å². The maximum atomic E-state index is 11.7. The molecule has 4 rings (SSSR count). The monoisotopic (exact) mass is 482 g/mol. The molecule has 4 heterocycles. The van der Waals surface area contributed by atoms with E-state index in [-0.39, 0.29) is 37.1 Å². The van der Waals surface area contributed by atoms with E-state index in [1.165, 1.54) is 7.11 Å². The van der Waals surface area contributed by atoms with Crippen molar-refractivity contribution < 1.29 is 19.0 Å². The summed E-state index contributed by atoms with van der Waals surface area (Å²) in [6.45, 7) is 4.75. The van der Waals surface area contributed by atoms with Gasteiger partial charge in [-0.2, -0.15) is 4.98 Å². The second kappa shape index (κ2) is 11.0. The van der Waals surface area contributed by atoms with E-state index in [1.54, 1.807) is 11.2 Å². The maximum Gasteiger partial charge on any atom is 0.316 e. The average molecular weight is 483 g/mol. The van der Waals surface area contributed by atoms with E-state index in [0.29, 0.717) is 36.1 Å². The second-order valence-corrected chi connectivity index (χ2v) is 9.01. The first kappa shape index (κ1) is 24.9. The Balaban J connectivity index is 1.59. The number of carbonyl (C=O) groups excluding carboxylic acids is 1. The van der Waals surface area contributed by atoms with E-state index in [4.69, 9.17) is 30.8 Å². The van der Waals surface area contributed by atoms with Crippen molar-refractivity contribution in [1.29, 1.82) is 0 Å². The number of methoxy groups -OCH3 is 1. The number of rotatable bonds is 5. The zero-order valence-electron chi connectivity index (χ0n) is 20.6.